The van der Waals surface area contributed by atoms with Crippen molar-refractivity contribution in [1.82, 2.24) is 29.8 Å². The fourth-order valence-corrected chi connectivity index (χ4v) is 3.12. The minimum Gasteiger partial charge on any atom is -0.369 e. The number of hydrogen-bond acceptors (Lipinski definition) is 7. The lowest BCUT2D eigenvalue weighted by Gasteiger charge is -2.29. The van der Waals surface area contributed by atoms with Gasteiger partial charge in [-0.2, -0.15) is 0 Å². The maximum Gasteiger partial charge on any atom is 0.255 e. The van der Waals surface area contributed by atoms with Crippen LogP contribution >= 0.6 is 0 Å². The molecule has 0 saturated heterocycles. The van der Waals surface area contributed by atoms with Crippen LogP contribution in [0.3, 0.4) is 0 Å². The van der Waals surface area contributed by atoms with E-state index in [2.05, 4.69) is 30.2 Å². The quantitative estimate of drug-likeness (QED) is 0.736. The Kier molecular flexibility index (Phi) is 4.95. The number of nitrogens with zero attached hydrogens (tertiary/aromatic N) is 6. The molecule has 1 amide bonds. The molecule has 0 bridgehead atoms. The summed E-state index contributed by atoms with van der Waals surface area (Å²) < 4.78 is 0. The lowest BCUT2D eigenvalue weighted by Crippen LogP contribution is -2.37. The van der Waals surface area contributed by atoms with E-state index in [0.29, 0.717) is 25.2 Å². The maximum absolute atomic E-state index is 12.6. The normalized spacial score (nSPS) is 13.1. The van der Waals surface area contributed by atoms with Gasteiger partial charge in [-0.05, 0) is 18.6 Å². The standard InChI is InChI=1S/C19H19N7O/c27-19(14-2-1-5-20-10-14)26-9-4-16-17(12-26)24-13-25-18(16)23-6-3-15-11-21-7-8-22-15/h1-2,5,7-8,10-11,13H,3-4,6,9,12H2,(H,23,24,25). The highest BCUT2D eigenvalue weighted by Gasteiger charge is 2.25. The van der Waals surface area contributed by atoms with Crippen molar-refractivity contribution in [2.45, 2.75) is 19.4 Å². The minimum atomic E-state index is -0.0236. The second kappa shape index (κ2) is 7.86. The highest BCUT2D eigenvalue weighted by Crippen LogP contribution is 2.23. The summed E-state index contributed by atoms with van der Waals surface area (Å²) in [6, 6.07) is 3.55. The third kappa shape index (κ3) is 3.89. The molecule has 27 heavy (non-hydrogen) atoms. The van der Waals surface area contributed by atoms with Gasteiger partial charge >= 0.3 is 0 Å². The van der Waals surface area contributed by atoms with Gasteiger partial charge in [-0.1, -0.05) is 0 Å². The van der Waals surface area contributed by atoms with Crippen molar-refractivity contribution in [2.24, 2.45) is 0 Å². The molecule has 4 rings (SSSR count). The van der Waals surface area contributed by atoms with E-state index in [1.54, 1.807) is 54.3 Å². The van der Waals surface area contributed by atoms with E-state index in [0.717, 1.165) is 35.6 Å². The number of aromatic nitrogens is 5. The van der Waals surface area contributed by atoms with Crippen molar-refractivity contribution in [3.63, 3.8) is 0 Å². The van der Waals surface area contributed by atoms with Gasteiger partial charge in [0.2, 0.25) is 0 Å². The summed E-state index contributed by atoms with van der Waals surface area (Å²) >= 11 is 0. The van der Waals surface area contributed by atoms with Gasteiger partial charge < -0.3 is 10.2 Å². The van der Waals surface area contributed by atoms with E-state index in [-0.39, 0.29) is 5.91 Å². The molecule has 8 nitrogen and oxygen atoms in total. The molecule has 0 aromatic carbocycles. The average molecular weight is 361 g/mol. The summed E-state index contributed by atoms with van der Waals surface area (Å²) in [6.07, 6.45) is 11.4. The Balaban J connectivity index is 1.43. The van der Waals surface area contributed by atoms with Crippen LogP contribution in [0.5, 0.6) is 0 Å². The second-order valence-electron chi connectivity index (χ2n) is 6.24. The van der Waals surface area contributed by atoms with Crippen LogP contribution < -0.4 is 5.32 Å². The number of rotatable bonds is 5. The van der Waals surface area contributed by atoms with Crippen molar-refractivity contribution in [2.75, 3.05) is 18.4 Å². The molecule has 0 atom stereocenters. The Morgan fingerprint density at radius 1 is 1.11 bits per heavy atom. The molecule has 0 saturated carbocycles. The van der Waals surface area contributed by atoms with Crippen molar-refractivity contribution >= 4 is 11.7 Å². The molecular weight excluding hydrogens is 342 g/mol. The first-order chi connectivity index (χ1) is 13.3. The number of pyridine rings is 1. The zero-order valence-corrected chi connectivity index (χ0v) is 14.7. The van der Waals surface area contributed by atoms with Crippen LogP contribution in [0.15, 0.2) is 49.4 Å². The fourth-order valence-electron chi connectivity index (χ4n) is 3.12. The predicted octanol–water partition coefficient (Wildman–Crippen LogP) is 1.51. The molecule has 0 fully saturated rings. The van der Waals surface area contributed by atoms with Gasteiger partial charge in [0.25, 0.3) is 5.91 Å². The topological polar surface area (TPSA) is 96.8 Å². The highest BCUT2D eigenvalue weighted by atomic mass is 16.2. The van der Waals surface area contributed by atoms with E-state index in [1.165, 1.54) is 0 Å². The predicted molar refractivity (Wildman–Crippen MR) is 98.9 cm³/mol. The molecule has 0 unspecified atom stereocenters. The molecule has 136 valence electrons. The highest BCUT2D eigenvalue weighted by molar-refractivity contribution is 5.94. The minimum absolute atomic E-state index is 0.0236. The van der Waals surface area contributed by atoms with Gasteiger partial charge in [-0.3, -0.25) is 19.7 Å². The molecule has 8 heteroatoms. The Hall–Kier alpha value is -3.42. The average Bonchev–Trinajstić information content (AvgIpc) is 2.74. The van der Waals surface area contributed by atoms with E-state index in [9.17, 15) is 4.79 Å². The lowest BCUT2D eigenvalue weighted by molar-refractivity contribution is 0.0731. The van der Waals surface area contributed by atoms with E-state index >= 15 is 0 Å². The number of nitrogens with one attached hydrogen (secondary N) is 1. The molecule has 0 aliphatic carbocycles. The largest absolute Gasteiger partial charge is 0.369 e. The molecule has 1 aliphatic rings. The zero-order valence-electron chi connectivity index (χ0n) is 14.7. The van der Waals surface area contributed by atoms with Gasteiger partial charge in [0.1, 0.15) is 12.1 Å². The van der Waals surface area contributed by atoms with Gasteiger partial charge in [0.15, 0.2) is 0 Å². The second-order valence-corrected chi connectivity index (χ2v) is 6.24. The number of amides is 1. The first-order valence-corrected chi connectivity index (χ1v) is 8.82. The third-order valence-electron chi connectivity index (χ3n) is 4.49. The number of fused-ring (bicyclic) bond motifs is 1. The molecule has 1 aliphatic heterocycles. The van der Waals surface area contributed by atoms with Gasteiger partial charge in [-0.15, -0.1) is 0 Å². The Labute approximate surface area is 156 Å². The number of carbonyl (C=O) groups excluding carboxylic acids is 1. The van der Waals surface area contributed by atoms with Crippen LogP contribution in [0.25, 0.3) is 0 Å². The van der Waals surface area contributed by atoms with E-state index < -0.39 is 0 Å². The van der Waals surface area contributed by atoms with Crippen LogP contribution in [0.4, 0.5) is 5.82 Å². The zero-order chi connectivity index (χ0) is 18.5. The lowest BCUT2D eigenvalue weighted by atomic mass is 10.0. The van der Waals surface area contributed by atoms with Crippen molar-refractivity contribution in [3.05, 3.63) is 72.0 Å². The first-order valence-electron chi connectivity index (χ1n) is 8.82. The van der Waals surface area contributed by atoms with Crippen LogP contribution in [0.2, 0.25) is 0 Å². The molecular formula is C19H19N7O. The SMILES string of the molecule is O=C(c1cccnc1)N1CCc2c(ncnc2NCCc2cnccn2)C1. The molecule has 3 aromatic rings. The summed E-state index contributed by atoms with van der Waals surface area (Å²) in [6.45, 7) is 1.82. The summed E-state index contributed by atoms with van der Waals surface area (Å²) in [7, 11) is 0. The molecule has 3 aromatic heterocycles. The monoisotopic (exact) mass is 361 g/mol. The van der Waals surface area contributed by atoms with Crippen LogP contribution in [0.1, 0.15) is 27.3 Å². The first kappa shape index (κ1) is 17.0. The van der Waals surface area contributed by atoms with E-state index in [1.807, 2.05) is 0 Å². The number of hydrogen-bond donors (Lipinski definition) is 1. The molecule has 4 heterocycles. The Morgan fingerprint density at radius 2 is 2.04 bits per heavy atom. The number of carbonyl (C=O) groups is 1. The van der Waals surface area contributed by atoms with E-state index in [4.69, 9.17) is 0 Å². The smallest absolute Gasteiger partial charge is 0.255 e. The third-order valence-corrected chi connectivity index (χ3v) is 4.49. The summed E-state index contributed by atoms with van der Waals surface area (Å²) in [5.74, 6) is 0.807. The Morgan fingerprint density at radius 3 is 2.85 bits per heavy atom. The van der Waals surface area contributed by atoms with Crippen LogP contribution in [-0.4, -0.2) is 48.8 Å². The number of anilines is 1. The van der Waals surface area contributed by atoms with Crippen LogP contribution in [0, 0.1) is 0 Å². The van der Waals surface area contributed by atoms with Gasteiger partial charge in [0.05, 0.1) is 23.5 Å². The van der Waals surface area contributed by atoms with Gasteiger partial charge in [-0.25, -0.2) is 9.97 Å². The molecule has 1 N–H and O–H groups in total. The van der Waals surface area contributed by atoms with Crippen molar-refractivity contribution < 1.29 is 4.79 Å². The molecule has 0 radical (unpaired) electrons. The van der Waals surface area contributed by atoms with Crippen molar-refractivity contribution in [3.8, 4) is 0 Å². The molecule has 0 spiro atoms. The van der Waals surface area contributed by atoms with Gasteiger partial charge in [0, 0.05) is 56.1 Å². The summed E-state index contributed by atoms with van der Waals surface area (Å²) in [5, 5.41) is 3.36. The Bertz CT molecular complexity index is 918. The maximum atomic E-state index is 12.6. The van der Waals surface area contributed by atoms with Crippen molar-refractivity contribution in [1.29, 1.82) is 0 Å². The summed E-state index contributed by atoms with van der Waals surface area (Å²) in [4.78, 5) is 35.6. The van der Waals surface area contributed by atoms with Crippen LogP contribution in [-0.2, 0) is 19.4 Å². The fraction of sp³-hybridized carbons (Fsp3) is 0.263. The summed E-state index contributed by atoms with van der Waals surface area (Å²) in [5.41, 5.74) is 3.49.